The third kappa shape index (κ3) is 4.81. The average molecular weight is 730 g/mol. The summed E-state index contributed by atoms with van der Waals surface area (Å²) in [6.07, 6.45) is 0. The molecule has 266 valence electrons. The highest BCUT2D eigenvalue weighted by molar-refractivity contribution is 6.21. The van der Waals surface area contributed by atoms with E-state index < -0.39 is 0 Å². The fourth-order valence-corrected chi connectivity index (χ4v) is 8.67. The van der Waals surface area contributed by atoms with E-state index in [1.165, 1.54) is 10.8 Å². The molecule has 8 aromatic carbocycles. The van der Waals surface area contributed by atoms with Gasteiger partial charge in [0.2, 0.25) is 0 Å². The minimum atomic E-state index is 0.617. The molecule has 12 rings (SSSR count). The lowest BCUT2D eigenvalue weighted by Gasteiger charge is -2.10. The van der Waals surface area contributed by atoms with Gasteiger partial charge in [0.05, 0.1) is 27.8 Å². The van der Waals surface area contributed by atoms with Gasteiger partial charge in [-0.15, -0.1) is 0 Å². The summed E-state index contributed by atoms with van der Waals surface area (Å²) in [5.41, 5.74) is 10.9. The van der Waals surface area contributed by atoms with E-state index in [0.717, 1.165) is 82.8 Å². The van der Waals surface area contributed by atoms with Gasteiger partial charge in [-0.1, -0.05) is 140 Å². The Labute approximate surface area is 326 Å². The first-order valence-corrected chi connectivity index (χ1v) is 19.1. The molecule has 0 unspecified atom stereocenters. The van der Waals surface area contributed by atoms with Crippen LogP contribution in [0.1, 0.15) is 0 Å². The minimum Gasteiger partial charge on any atom is -0.454 e. The van der Waals surface area contributed by atoms with Crippen LogP contribution in [0.4, 0.5) is 0 Å². The first-order valence-electron chi connectivity index (χ1n) is 19.1. The van der Waals surface area contributed by atoms with E-state index >= 15 is 0 Å². The Morgan fingerprint density at radius 2 is 0.912 bits per heavy atom. The molecule has 0 amide bonds. The number of aromatic nitrogens is 5. The molecule has 0 fully saturated rings. The largest absolute Gasteiger partial charge is 0.454 e. The van der Waals surface area contributed by atoms with Crippen molar-refractivity contribution in [2.75, 3.05) is 0 Å². The van der Waals surface area contributed by atoms with Gasteiger partial charge in [-0.2, -0.15) is 0 Å². The number of hydrogen-bond acceptors (Lipinski definition) is 4. The highest BCUT2D eigenvalue weighted by Gasteiger charge is 2.23. The van der Waals surface area contributed by atoms with E-state index in [1.54, 1.807) is 0 Å². The zero-order valence-electron chi connectivity index (χ0n) is 30.5. The maximum atomic E-state index is 6.98. The number of furan rings is 1. The van der Waals surface area contributed by atoms with Crippen LogP contribution in [-0.2, 0) is 0 Å². The number of nitrogens with zero attached hydrogens (tertiary/aromatic N) is 5. The summed E-state index contributed by atoms with van der Waals surface area (Å²) in [5, 5.41) is 6.69. The van der Waals surface area contributed by atoms with E-state index in [9.17, 15) is 0 Å². The molecule has 0 aliphatic carbocycles. The van der Waals surface area contributed by atoms with E-state index in [-0.39, 0.29) is 0 Å². The van der Waals surface area contributed by atoms with Crippen LogP contribution in [0.2, 0.25) is 0 Å². The van der Waals surface area contributed by atoms with Gasteiger partial charge in [0.25, 0.3) is 0 Å². The van der Waals surface area contributed by atoms with E-state index in [1.807, 2.05) is 60.7 Å². The molecule has 0 N–H and O–H groups in total. The standard InChI is InChI=1S/C51H31N5O/c1-4-16-32(17-5-1)49-52-50(33-18-6-2-7-19-33)54-51(53-49)38-25-15-28-43-47(38)40-30-39-37-24-14-29-44(56-41-26-12-10-22-35(41)36-23-11-13-27-42(36)56)48(37)57-46(39)31-45(40)55(43)34-20-8-3-9-21-34/h1-31H. The Kier molecular flexibility index (Phi) is 6.83. The fraction of sp³-hybridized carbons (Fsp3) is 0. The quantitative estimate of drug-likeness (QED) is 0.177. The molecule has 12 aromatic rings. The lowest BCUT2D eigenvalue weighted by molar-refractivity contribution is 0.666. The van der Waals surface area contributed by atoms with Crippen LogP contribution < -0.4 is 0 Å². The maximum absolute atomic E-state index is 6.98. The number of para-hydroxylation sites is 4. The Hall–Kier alpha value is -7.83. The first kappa shape index (κ1) is 31.5. The van der Waals surface area contributed by atoms with Crippen LogP contribution >= 0.6 is 0 Å². The van der Waals surface area contributed by atoms with Crippen molar-refractivity contribution in [1.82, 2.24) is 24.1 Å². The summed E-state index contributed by atoms with van der Waals surface area (Å²) in [5.74, 6) is 1.87. The molecule has 4 aromatic heterocycles. The molecular formula is C51H31N5O. The summed E-state index contributed by atoms with van der Waals surface area (Å²) >= 11 is 0. The fourth-order valence-electron chi connectivity index (χ4n) is 8.67. The Balaban J connectivity index is 1.17. The molecule has 0 aliphatic heterocycles. The van der Waals surface area contributed by atoms with Gasteiger partial charge in [0, 0.05) is 60.8 Å². The van der Waals surface area contributed by atoms with Crippen molar-refractivity contribution in [2.45, 2.75) is 0 Å². The molecule has 57 heavy (non-hydrogen) atoms. The predicted molar refractivity (Wildman–Crippen MR) is 232 cm³/mol. The maximum Gasteiger partial charge on any atom is 0.164 e. The summed E-state index contributed by atoms with van der Waals surface area (Å²) in [6.45, 7) is 0. The SMILES string of the molecule is c1ccc(-c2nc(-c3ccccc3)nc(-c3cccc4c3c3cc5c(cc3n4-c3ccccc3)oc3c(-n4c6ccccc6c6ccccc64)cccc35)n2)cc1. The molecule has 0 saturated carbocycles. The predicted octanol–water partition coefficient (Wildman–Crippen LogP) is 13.0. The van der Waals surface area contributed by atoms with Crippen LogP contribution in [0.25, 0.3) is 111 Å². The third-order valence-corrected chi connectivity index (χ3v) is 11.2. The van der Waals surface area contributed by atoms with Gasteiger partial charge in [0.1, 0.15) is 5.58 Å². The highest BCUT2D eigenvalue weighted by Crippen LogP contribution is 2.43. The Bertz CT molecular complexity index is 3400. The Morgan fingerprint density at radius 3 is 1.58 bits per heavy atom. The monoisotopic (exact) mass is 729 g/mol. The summed E-state index contributed by atoms with van der Waals surface area (Å²) < 4.78 is 11.6. The van der Waals surface area contributed by atoms with Gasteiger partial charge in [-0.25, -0.2) is 15.0 Å². The highest BCUT2D eigenvalue weighted by atomic mass is 16.3. The van der Waals surface area contributed by atoms with Crippen molar-refractivity contribution < 1.29 is 4.42 Å². The Morgan fingerprint density at radius 1 is 0.368 bits per heavy atom. The summed E-state index contributed by atoms with van der Waals surface area (Å²) in [6, 6.07) is 65.4. The second kappa shape index (κ2) is 12.3. The van der Waals surface area contributed by atoms with Crippen molar-refractivity contribution in [3.8, 4) is 45.5 Å². The van der Waals surface area contributed by atoms with Crippen LogP contribution in [0, 0.1) is 0 Å². The molecule has 6 nitrogen and oxygen atoms in total. The van der Waals surface area contributed by atoms with Gasteiger partial charge in [-0.3, -0.25) is 0 Å². The zero-order chi connectivity index (χ0) is 37.5. The van der Waals surface area contributed by atoms with Crippen molar-refractivity contribution >= 4 is 65.6 Å². The molecule has 0 radical (unpaired) electrons. The number of rotatable bonds is 5. The molecule has 4 heterocycles. The minimum absolute atomic E-state index is 0.617. The van der Waals surface area contributed by atoms with Gasteiger partial charge >= 0.3 is 0 Å². The number of fused-ring (bicyclic) bond motifs is 9. The van der Waals surface area contributed by atoms with Gasteiger partial charge < -0.3 is 13.6 Å². The second-order valence-corrected chi connectivity index (χ2v) is 14.4. The molecule has 0 aliphatic rings. The zero-order valence-corrected chi connectivity index (χ0v) is 30.5. The third-order valence-electron chi connectivity index (χ3n) is 11.2. The van der Waals surface area contributed by atoms with Gasteiger partial charge in [-0.05, 0) is 42.5 Å². The van der Waals surface area contributed by atoms with Crippen molar-refractivity contribution in [3.63, 3.8) is 0 Å². The molecular weight excluding hydrogens is 699 g/mol. The molecule has 0 saturated heterocycles. The number of benzene rings is 8. The summed E-state index contributed by atoms with van der Waals surface area (Å²) in [7, 11) is 0. The van der Waals surface area contributed by atoms with Crippen LogP contribution in [-0.4, -0.2) is 24.1 Å². The van der Waals surface area contributed by atoms with Gasteiger partial charge in [0.15, 0.2) is 23.1 Å². The second-order valence-electron chi connectivity index (χ2n) is 14.4. The lowest BCUT2D eigenvalue weighted by atomic mass is 10.0. The lowest BCUT2D eigenvalue weighted by Crippen LogP contribution is -2.00. The van der Waals surface area contributed by atoms with Crippen molar-refractivity contribution in [3.05, 3.63) is 188 Å². The normalized spacial score (nSPS) is 11.9. The molecule has 0 atom stereocenters. The molecule has 6 heteroatoms. The number of hydrogen-bond donors (Lipinski definition) is 0. The van der Waals surface area contributed by atoms with Crippen LogP contribution in [0.15, 0.2) is 192 Å². The van der Waals surface area contributed by atoms with Crippen LogP contribution in [0.5, 0.6) is 0 Å². The topological polar surface area (TPSA) is 61.7 Å². The van der Waals surface area contributed by atoms with E-state index in [2.05, 4.69) is 137 Å². The average Bonchev–Trinajstić information content (AvgIpc) is 3.93. The first-order chi connectivity index (χ1) is 28.3. The van der Waals surface area contributed by atoms with Crippen molar-refractivity contribution in [2.24, 2.45) is 0 Å². The smallest absolute Gasteiger partial charge is 0.164 e. The van der Waals surface area contributed by atoms with E-state index in [0.29, 0.717) is 17.5 Å². The molecule has 0 bridgehead atoms. The van der Waals surface area contributed by atoms with E-state index in [4.69, 9.17) is 19.4 Å². The van der Waals surface area contributed by atoms with Crippen LogP contribution in [0.3, 0.4) is 0 Å². The summed E-state index contributed by atoms with van der Waals surface area (Å²) in [4.78, 5) is 15.3. The van der Waals surface area contributed by atoms with Crippen molar-refractivity contribution in [1.29, 1.82) is 0 Å². The molecule has 0 spiro atoms.